The molecule has 0 spiro atoms. The fraction of sp³-hybridized carbons (Fsp3) is 0.526. The molecule has 1 saturated heterocycles. The summed E-state index contributed by atoms with van der Waals surface area (Å²) in [6.07, 6.45) is 0. The summed E-state index contributed by atoms with van der Waals surface area (Å²) in [5.41, 5.74) is 0.516. The predicted molar refractivity (Wildman–Crippen MR) is 109 cm³/mol. The molecule has 1 fully saturated rings. The van der Waals surface area contributed by atoms with Crippen molar-refractivity contribution in [3.05, 3.63) is 40.4 Å². The maximum absolute atomic E-state index is 14.0. The molecule has 3 rings (SSSR count). The van der Waals surface area contributed by atoms with Crippen LogP contribution in [0.2, 0.25) is 5.02 Å². The molecule has 0 bridgehead atoms. The van der Waals surface area contributed by atoms with Gasteiger partial charge >= 0.3 is 0 Å². The largest absolute Gasteiger partial charge is 0.339 e. The van der Waals surface area contributed by atoms with Crippen molar-refractivity contribution in [2.75, 3.05) is 31.9 Å². The minimum atomic E-state index is -0.285. The summed E-state index contributed by atoms with van der Waals surface area (Å²) in [5, 5.41) is 9.57. The number of thioether (sulfide) groups is 1. The highest BCUT2D eigenvalue weighted by Crippen LogP contribution is 2.22. The number of piperazine rings is 1. The minimum absolute atomic E-state index is 0.0858. The van der Waals surface area contributed by atoms with Gasteiger partial charge in [0.15, 0.2) is 5.16 Å². The smallest absolute Gasteiger partial charge is 0.233 e. The van der Waals surface area contributed by atoms with Crippen molar-refractivity contribution in [2.45, 2.75) is 31.5 Å². The molecule has 152 valence electrons. The van der Waals surface area contributed by atoms with Gasteiger partial charge in [0.2, 0.25) is 5.91 Å². The van der Waals surface area contributed by atoms with Crippen molar-refractivity contribution in [1.82, 2.24) is 24.6 Å². The van der Waals surface area contributed by atoms with Crippen molar-refractivity contribution < 1.29 is 9.18 Å². The van der Waals surface area contributed by atoms with Gasteiger partial charge in [-0.25, -0.2) is 4.39 Å². The summed E-state index contributed by atoms with van der Waals surface area (Å²) >= 11 is 7.53. The summed E-state index contributed by atoms with van der Waals surface area (Å²) in [7, 11) is 1.93. The summed E-state index contributed by atoms with van der Waals surface area (Å²) in [5.74, 6) is 1.34. The lowest BCUT2D eigenvalue weighted by Crippen LogP contribution is -2.48. The Kier molecular flexibility index (Phi) is 6.95. The molecular weight excluding hydrogens is 401 g/mol. The molecule has 0 radical (unpaired) electrons. The molecule has 1 aliphatic heterocycles. The summed E-state index contributed by atoms with van der Waals surface area (Å²) in [6, 6.07) is 4.74. The van der Waals surface area contributed by atoms with Crippen LogP contribution in [-0.4, -0.2) is 62.4 Å². The molecule has 2 aromatic rings. The second kappa shape index (κ2) is 9.24. The lowest BCUT2D eigenvalue weighted by molar-refractivity contribution is -0.130. The zero-order valence-electron chi connectivity index (χ0n) is 16.4. The summed E-state index contributed by atoms with van der Waals surface area (Å²) in [6.45, 7) is 7.24. The number of benzene rings is 1. The molecular formula is C19H25ClFN5OS. The quantitative estimate of drug-likeness (QED) is 0.665. The number of carbonyl (C=O) groups is 1. The first-order chi connectivity index (χ1) is 13.4. The molecule has 1 aromatic heterocycles. The van der Waals surface area contributed by atoms with Crippen LogP contribution in [0.15, 0.2) is 23.4 Å². The number of amides is 1. The molecule has 0 N–H and O–H groups in total. The molecule has 6 nitrogen and oxygen atoms in total. The number of aromatic nitrogens is 3. The standard InChI is InChI=1S/C19H25ClFN5OS/c1-13(2)18-22-23-19(24(18)3)28-12-17(27)26-9-7-25(8-10-26)11-14-15(20)5-4-6-16(14)21/h4-6,13H,7-12H2,1-3H3. The van der Waals surface area contributed by atoms with Crippen LogP contribution in [0.25, 0.3) is 0 Å². The molecule has 2 heterocycles. The van der Waals surface area contributed by atoms with Gasteiger partial charge in [-0.1, -0.05) is 43.3 Å². The fourth-order valence-corrected chi connectivity index (χ4v) is 4.28. The van der Waals surface area contributed by atoms with Crippen molar-refractivity contribution in [3.63, 3.8) is 0 Å². The topological polar surface area (TPSA) is 54.3 Å². The van der Waals surface area contributed by atoms with Crippen molar-refractivity contribution in [2.24, 2.45) is 7.05 Å². The Labute approximate surface area is 174 Å². The number of halogens is 2. The van der Waals surface area contributed by atoms with Crippen LogP contribution in [0.4, 0.5) is 4.39 Å². The molecule has 28 heavy (non-hydrogen) atoms. The third-order valence-electron chi connectivity index (χ3n) is 4.88. The van der Waals surface area contributed by atoms with E-state index in [1.807, 2.05) is 16.5 Å². The zero-order valence-corrected chi connectivity index (χ0v) is 17.9. The second-order valence-corrected chi connectivity index (χ2v) is 8.55. The number of hydrogen-bond donors (Lipinski definition) is 0. The van der Waals surface area contributed by atoms with E-state index in [0.29, 0.717) is 55.0 Å². The molecule has 0 unspecified atom stereocenters. The van der Waals surface area contributed by atoms with Crippen LogP contribution in [0.1, 0.15) is 31.2 Å². The summed E-state index contributed by atoms with van der Waals surface area (Å²) in [4.78, 5) is 16.5. The predicted octanol–water partition coefficient (Wildman–Crippen LogP) is 3.17. The van der Waals surface area contributed by atoms with Gasteiger partial charge in [0.25, 0.3) is 0 Å². The van der Waals surface area contributed by atoms with Crippen molar-refractivity contribution >= 4 is 29.3 Å². The van der Waals surface area contributed by atoms with Gasteiger partial charge in [-0.3, -0.25) is 9.69 Å². The molecule has 0 saturated carbocycles. The van der Waals surface area contributed by atoms with Crippen LogP contribution in [0.5, 0.6) is 0 Å². The highest BCUT2D eigenvalue weighted by molar-refractivity contribution is 7.99. The number of rotatable bonds is 6. The maximum Gasteiger partial charge on any atom is 0.233 e. The first-order valence-electron chi connectivity index (χ1n) is 9.32. The zero-order chi connectivity index (χ0) is 20.3. The lowest BCUT2D eigenvalue weighted by Gasteiger charge is -2.34. The van der Waals surface area contributed by atoms with Gasteiger partial charge in [-0.15, -0.1) is 10.2 Å². The number of carbonyl (C=O) groups excluding carboxylic acids is 1. The second-order valence-electron chi connectivity index (χ2n) is 7.20. The Morgan fingerprint density at radius 2 is 1.96 bits per heavy atom. The van der Waals surface area contributed by atoms with E-state index in [2.05, 4.69) is 28.9 Å². The Bertz CT molecular complexity index is 815. The van der Waals surface area contributed by atoms with E-state index in [9.17, 15) is 9.18 Å². The van der Waals surface area contributed by atoms with Gasteiger partial charge in [0.05, 0.1) is 5.75 Å². The van der Waals surface area contributed by atoms with E-state index >= 15 is 0 Å². The monoisotopic (exact) mass is 425 g/mol. The van der Waals surface area contributed by atoms with E-state index < -0.39 is 0 Å². The Hall–Kier alpha value is -1.64. The molecule has 0 aliphatic carbocycles. The fourth-order valence-electron chi connectivity index (χ4n) is 3.23. The van der Waals surface area contributed by atoms with Gasteiger partial charge in [0, 0.05) is 56.3 Å². The summed E-state index contributed by atoms with van der Waals surface area (Å²) < 4.78 is 15.9. The third kappa shape index (κ3) is 4.85. The van der Waals surface area contributed by atoms with Crippen LogP contribution in [-0.2, 0) is 18.4 Å². The third-order valence-corrected chi connectivity index (χ3v) is 6.24. The highest BCUT2D eigenvalue weighted by atomic mass is 35.5. The highest BCUT2D eigenvalue weighted by Gasteiger charge is 2.23. The van der Waals surface area contributed by atoms with Crippen molar-refractivity contribution in [3.8, 4) is 0 Å². The number of nitrogens with zero attached hydrogens (tertiary/aromatic N) is 5. The SMILES string of the molecule is CC(C)c1nnc(SCC(=O)N2CCN(Cc3c(F)cccc3Cl)CC2)n1C. The number of hydrogen-bond acceptors (Lipinski definition) is 5. The van der Waals surface area contributed by atoms with E-state index in [0.717, 1.165) is 11.0 Å². The van der Waals surface area contributed by atoms with E-state index in [1.165, 1.54) is 17.8 Å². The van der Waals surface area contributed by atoms with Crippen LogP contribution >= 0.6 is 23.4 Å². The first-order valence-corrected chi connectivity index (χ1v) is 10.7. The van der Waals surface area contributed by atoms with Gasteiger partial charge < -0.3 is 9.47 Å². The van der Waals surface area contributed by atoms with Gasteiger partial charge in [-0.05, 0) is 12.1 Å². The van der Waals surface area contributed by atoms with Crippen molar-refractivity contribution in [1.29, 1.82) is 0 Å². The van der Waals surface area contributed by atoms with E-state index in [1.54, 1.807) is 12.1 Å². The van der Waals surface area contributed by atoms with Crippen LogP contribution < -0.4 is 0 Å². The minimum Gasteiger partial charge on any atom is -0.339 e. The van der Waals surface area contributed by atoms with E-state index in [4.69, 9.17) is 11.6 Å². The van der Waals surface area contributed by atoms with Crippen LogP contribution in [0, 0.1) is 5.82 Å². The average molecular weight is 426 g/mol. The van der Waals surface area contributed by atoms with Gasteiger partial charge in [-0.2, -0.15) is 0 Å². The Balaban J connectivity index is 1.49. The molecule has 1 aliphatic rings. The van der Waals surface area contributed by atoms with Crippen LogP contribution in [0.3, 0.4) is 0 Å². The lowest BCUT2D eigenvalue weighted by atomic mass is 10.2. The normalized spacial score (nSPS) is 15.4. The Morgan fingerprint density at radius 1 is 1.25 bits per heavy atom. The average Bonchev–Trinajstić information content (AvgIpc) is 3.04. The molecule has 1 amide bonds. The molecule has 1 aromatic carbocycles. The Morgan fingerprint density at radius 3 is 2.57 bits per heavy atom. The first kappa shape index (κ1) is 21.1. The van der Waals surface area contributed by atoms with Gasteiger partial charge in [0.1, 0.15) is 11.6 Å². The maximum atomic E-state index is 14.0. The molecule has 9 heteroatoms. The molecule has 0 atom stereocenters. The van der Waals surface area contributed by atoms with E-state index in [-0.39, 0.29) is 11.7 Å².